The minimum absolute atomic E-state index is 0.312. The Hall–Kier alpha value is -3.59. The summed E-state index contributed by atoms with van der Waals surface area (Å²) in [5, 5.41) is 15.8. The van der Waals surface area contributed by atoms with E-state index >= 15 is 0 Å². The van der Waals surface area contributed by atoms with Gasteiger partial charge in [0.1, 0.15) is 18.3 Å². The molecule has 3 amide bonds. The summed E-state index contributed by atoms with van der Waals surface area (Å²) in [5.41, 5.74) is 1.78. The van der Waals surface area contributed by atoms with Crippen molar-refractivity contribution < 1.29 is 23.9 Å². The second-order valence-corrected chi connectivity index (χ2v) is 10.1. The fourth-order valence-electron chi connectivity index (χ4n) is 4.86. The lowest BCUT2D eigenvalue weighted by molar-refractivity contribution is -0.140. The van der Waals surface area contributed by atoms with Crippen molar-refractivity contribution in [2.45, 2.75) is 64.0 Å². The summed E-state index contributed by atoms with van der Waals surface area (Å²) in [6.45, 7) is 2.85. The third kappa shape index (κ3) is 5.27. The normalized spacial score (nSPS) is 19.6. The fourth-order valence-corrected chi connectivity index (χ4v) is 4.86. The lowest BCUT2D eigenvalue weighted by atomic mass is 9.94. The average molecular weight is 509 g/mol. The molecular weight excluding hydrogens is 475 g/mol. The molecule has 4 rings (SSSR count). The average Bonchev–Trinajstić information content (AvgIpc) is 3.35. The van der Waals surface area contributed by atoms with Gasteiger partial charge < -0.3 is 20.6 Å². The van der Waals surface area contributed by atoms with Crippen LogP contribution in [0.4, 0.5) is 10.1 Å². The molecule has 1 heterocycles. The van der Waals surface area contributed by atoms with Gasteiger partial charge in [-0.2, -0.15) is 0 Å². The van der Waals surface area contributed by atoms with E-state index in [0.29, 0.717) is 40.9 Å². The molecular formula is C28H33FN4O4. The zero-order valence-electron chi connectivity index (χ0n) is 21.3. The highest BCUT2D eigenvalue weighted by Crippen LogP contribution is 2.32. The van der Waals surface area contributed by atoms with Gasteiger partial charge in [-0.05, 0) is 30.4 Å². The molecule has 0 aromatic heterocycles. The second-order valence-electron chi connectivity index (χ2n) is 10.1. The van der Waals surface area contributed by atoms with E-state index in [-0.39, 0.29) is 5.92 Å². The molecule has 1 saturated carbocycles. The maximum atomic E-state index is 13.6. The number of aliphatic hydroxyl groups is 1. The third-order valence-corrected chi connectivity index (χ3v) is 7.15. The number of likely N-dealkylation sites (N-methyl/N-ethyl adjacent to an activating group) is 1. The number of hydrogen-bond acceptors (Lipinski definition) is 5. The minimum Gasteiger partial charge on any atom is -0.383 e. The maximum Gasteiger partial charge on any atom is 0.272 e. The van der Waals surface area contributed by atoms with Crippen molar-refractivity contribution in [1.29, 1.82) is 0 Å². The zero-order valence-corrected chi connectivity index (χ0v) is 21.3. The predicted molar refractivity (Wildman–Crippen MR) is 139 cm³/mol. The Kier molecular flexibility index (Phi) is 7.73. The van der Waals surface area contributed by atoms with E-state index in [1.54, 1.807) is 51.2 Å². The lowest BCUT2D eigenvalue weighted by Crippen LogP contribution is -2.62. The number of aliphatic hydroxyl groups excluding tert-OH is 1. The summed E-state index contributed by atoms with van der Waals surface area (Å²) < 4.78 is 13.1. The monoisotopic (exact) mass is 508 g/mol. The van der Waals surface area contributed by atoms with E-state index in [2.05, 4.69) is 10.6 Å². The van der Waals surface area contributed by atoms with Crippen molar-refractivity contribution in [3.8, 4) is 0 Å². The number of hydrogen-bond donors (Lipinski definition) is 3. The van der Waals surface area contributed by atoms with Gasteiger partial charge in [0.2, 0.25) is 18.0 Å². The number of aliphatic imine (C=N–C) groups is 1. The van der Waals surface area contributed by atoms with Crippen molar-refractivity contribution in [3.63, 3.8) is 0 Å². The van der Waals surface area contributed by atoms with Crippen molar-refractivity contribution in [2.24, 2.45) is 10.9 Å². The molecule has 9 heteroatoms. The van der Waals surface area contributed by atoms with Crippen LogP contribution in [0, 0.1) is 5.92 Å². The Balaban J connectivity index is 1.70. The van der Waals surface area contributed by atoms with E-state index in [1.807, 2.05) is 18.2 Å². The van der Waals surface area contributed by atoms with Crippen molar-refractivity contribution in [3.05, 3.63) is 65.2 Å². The lowest BCUT2D eigenvalue weighted by Gasteiger charge is -2.32. The van der Waals surface area contributed by atoms with E-state index in [4.69, 9.17) is 4.99 Å². The number of alkyl halides is 1. The summed E-state index contributed by atoms with van der Waals surface area (Å²) in [6, 6.07) is 14.1. The minimum atomic E-state index is -1.25. The van der Waals surface area contributed by atoms with Crippen LogP contribution in [-0.2, 0) is 21.1 Å². The van der Waals surface area contributed by atoms with Crippen LogP contribution in [-0.4, -0.2) is 53.4 Å². The quantitative estimate of drug-likeness (QED) is 0.534. The number of nitrogens with one attached hydrogen (secondary N) is 2. The number of fused-ring (bicyclic) bond motifs is 1. The van der Waals surface area contributed by atoms with Gasteiger partial charge in [0.05, 0.1) is 11.4 Å². The van der Waals surface area contributed by atoms with Crippen LogP contribution in [0.3, 0.4) is 0 Å². The van der Waals surface area contributed by atoms with Gasteiger partial charge in [-0.25, -0.2) is 9.38 Å². The van der Waals surface area contributed by atoms with Gasteiger partial charge in [0.25, 0.3) is 5.91 Å². The molecule has 8 nitrogen and oxygen atoms in total. The molecule has 2 aromatic rings. The number of carbonyl (C=O) groups is 3. The molecule has 1 fully saturated rings. The highest BCUT2D eigenvalue weighted by molar-refractivity contribution is 6.20. The Morgan fingerprint density at radius 3 is 2.41 bits per heavy atom. The summed E-state index contributed by atoms with van der Waals surface area (Å²) in [4.78, 5) is 46.0. The molecule has 0 bridgehead atoms. The zero-order chi connectivity index (χ0) is 26.7. The van der Waals surface area contributed by atoms with Crippen molar-refractivity contribution in [1.82, 2.24) is 10.6 Å². The molecule has 196 valence electrons. The summed E-state index contributed by atoms with van der Waals surface area (Å²) in [6.07, 6.45) is -0.246. The molecule has 1 unspecified atom stereocenters. The molecule has 1 aliphatic carbocycles. The molecule has 0 saturated heterocycles. The maximum absolute atomic E-state index is 13.6. The number of rotatable bonds is 7. The molecule has 3 N–H and O–H groups in total. The number of benzodiazepines with no additional fused rings is 1. The van der Waals surface area contributed by atoms with Crippen LogP contribution in [0.5, 0.6) is 0 Å². The summed E-state index contributed by atoms with van der Waals surface area (Å²) in [5.74, 6) is -1.87. The fraction of sp³-hybridized carbons (Fsp3) is 0.429. The van der Waals surface area contributed by atoms with Gasteiger partial charge in [-0.3, -0.25) is 14.4 Å². The number of anilines is 1. The van der Waals surface area contributed by atoms with E-state index in [0.717, 1.165) is 12.8 Å². The molecule has 37 heavy (non-hydrogen) atoms. The predicted octanol–water partition coefficient (Wildman–Crippen LogP) is 2.86. The number of nitrogens with zero attached hydrogens (tertiary/aromatic N) is 2. The molecule has 1 aliphatic heterocycles. The topological polar surface area (TPSA) is 111 Å². The second kappa shape index (κ2) is 10.8. The van der Waals surface area contributed by atoms with Crippen LogP contribution >= 0.6 is 0 Å². The molecule has 2 aromatic carbocycles. The van der Waals surface area contributed by atoms with Gasteiger partial charge in [0, 0.05) is 18.2 Å². The van der Waals surface area contributed by atoms with E-state index in [1.165, 1.54) is 4.90 Å². The molecule has 0 spiro atoms. The van der Waals surface area contributed by atoms with Crippen LogP contribution in [0.15, 0.2) is 53.5 Å². The molecule has 2 aliphatic rings. The molecule has 2 atom stereocenters. The largest absolute Gasteiger partial charge is 0.383 e. The Bertz CT molecular complexity index is 1200. The summed E-state index contributed by atoms with van der Waals surface area (Å²) >= 11 is 0. The summed E-state index contributed by atoms with van der Waals surface area (Å²) in [7, 11) is 1.62. The number of benzene rings is 2. The van der Waals surface area contributed by atoms with Crippen LogP contribution in [0.25, 0.3) is 0 Å². The van der Waals surface area contributed by atoms with Crippen molar-refractivity contribution in [2.75, 3.05) is 11.9 Å². The van der Waals surface area contributed by atoms with Crippen LogP contribution in [0.2, 0.25) is 0 Å². The highest BCUT2D eigenvalue weighted by atomic mass is 19.1. The highest BCUT2D eigenvalue weighted by Gasteiger charge is 2.45. The Morgan fingerprint density at radius 2 is 1.78 bits per heavy atom. The first-order valence-corrected chi connectivity index (χ1v) is 12.6. The van der Waals surface area contributed by atoms with Gasteiger partial charge in [-0.1, -0.05) is 69.2 Å². The standard InChI is InChI=1S/C28H33FN4O4/c1-17(2)23(34)25(35)32-28(14-6-7-15-28)27(37)31-24-26(36)33(3)21-9-5-4-8-20(21)22(30-24)19-12-10-18(16-29)11-13-19/h4-5,8-13,17,23-24,34H,6-7,14-16H2,1-3H3,(H,31,37)(H,32,35)/t23-,24?/m0/s1. The number of carbonyl (C=O) groups excluding carboxylic acids is 3. The first kappa shape index (κ1) is 26.5. The number of halogens is 1. The van der Waals surface area contributed by atoms with Gasteiger partial charge in [-0.15, -0.1) is 0 Å². The number of para-hydroxylation sites is 1. The van der Waals surface area contributed by atoms with Gasteiger partial charge >= 0.3 is 0 Å². The van der Waals surface area contributed by atoms with Crippen molar-refractivity contribution >= 4 is 29.1 Å². The van der Waals surface area contributed by atoms with Crippen LogP contribution < -0.4 is 15.5 Å². The number of amides is 3. The van der Waals surface area contributed by atoms with Gasteiger partial charge in [0.15, 0.2) is 0 Å². The SMILES string of the molecule is CC(C)[C@H](O)C(=O)NC1(C(=O)NC2N=C(c3ccc(CF)cc3)c3ccccc3N(C)C2=O)CCCC1. The van der Waals surface area contributed by atoms with Crippen LogP contribution in [0.1, 0.15) is 56.2 Å². The van der Waals surface area contributed by atoms with E-state index in [9.17, 15) is 23.9 Å². The smallest absolute Gasteiger partial charge is 0.272 e. The van der Waals surface area contributed by atoms with E-state index < -0.39 is 42.2 Å². The molecule has 0 radical (unpaired) electrons. The third-order valence-electron chi connectivity index (χ3n) is 7.15. The first-order chi connectivity index (χ1) is 17.7. The Morgan fingerprint density at radius 1 is 1.14 bits per heavy atom. The Labute approximate surface area is 216 Å². The first-order valence-electron chi connectivity index (χ1n) is 12.6.